The zero-order valence-electron chi connectivity index (χ0n) is 20.7. The van der Waals surface area contributed by atoms with Crippen molar-refractivity contribution in [2.75, 3.05) is 38.2 Å². The zero-order chi connectivity index (χ0) is 23.6. The highest BCUT2D eigenvalue weighted by Gasteiger charge is 2.44. The minimum absolute atomic E-state index is 0.143. The molecule has 3 saturated heterocycles. The van der Waals surface area contributed by atoms with Crippen LogP contribution in [0.4, 0.5) is 5.82 Å². The molecule has 6 nitrogen and oxygen atoms in total. The predicted octanol–water partition coefficient (Wildman–Crippen LogP) is 3.92. The van der Waals surface area contributed by atoms with Crippen LogP contribution in [-0.4, -0.2) is 66.3 Å². The van der Waals surface area contributed by atoms with Crippen LogP contribution in [0, 0.1) is 0 Å². The van der Waals surface area contributed by atoms with E-state index in [0.717, 1.165) is 62.6 Å². The summed E-state index contributed by atoms with van der Waals surface area (Å²) in [4.78, 5) is 15.1. The summed E-state index contributed by atoms with van der Waals surface area (Å²) in [5, 5.41) is 4.70. The average molecular weight is 494 g/mol. The van der Waals surface area contributed by atoms with Gasteiger partial charge in [-0.3, -0.25) is 0 Å². The molecule has 0 radical (unpaired) electrons. The standard InChI is InChI=1S/C28H36ClN5O/c1-33-13-3-4-20(33)17-35-27-31-25-14-28(11-9-21-23(28)5-2-6-24(21)29)12-10-22(25)26(32-27)34-15-18-7-8-19(16-34)30-18/h2,5-6,18-20,30H,3-4,7-17H2,1H3/t18?,19?,20-,28?/m0/s1. The predicted molar refractivity (Wildman–Crippen MR) is 139 cm³/mol. The van der Waals surface area contributed by atoms with Crippen molar-refractivity contribution in [3.63, 3.8) is 0 Å². The van der Waals surface area contributed by atoms with Crippen molar-refractivity contribution in [3.05, 3.63) is 45.6 Å². The largest absolute Gasteiger partial charge is 0.462 e. The van der Waals surface area contributed by atoms with Crippen LogP contribution < -0.4 is 15.0 Å². The third kappa shape index (κ3) is 3.84. The van der Waals surface area contributed by atoms with E-state index in [-0.39, 0.29) is 5.41 Å². The van der Waals surface area contributed by atoms with Crippen molar-refractivity contribution in [1.29, 1.82) is 0 Å². The van der Waals surface area contributed by atoms with Crippen LogP contribution in [0.3, 0.4) is 0 Å². The van der Waals surface area contributed by atoms with Crippen LogP contribution in [0.1, 0.15) is 60.9 Å². The van der Waals surface area contributed by atoms with Gasteiger partial charge in [-0.15, -0.1) is 0 Å². The molecule has 0 amide bonds. The van der Waals surface area contributed by atoms with E-state index in [9.17, 15) is 0 Å². The Hall–Kier alpha value is -1.89. The summed E-state index contributed by atoms with van der Waals surface area (Å²) in [6.45, 7) is 3.90. The molecule has 3 unspecified atom stereocenters. The number of rotatable bonds is 4. The van der Waals surface area contributed by atoms with E-state index in [1.54, 1.807) is 0 Å². The molecular formula is C28H36ClN5O. The van der Waals surface area contributed by atoms with Crippen LogP contribution in [0.25, 0.3) is 0 Å². The smallest absolute Gasteiger partial charge is 0.318 e. The molecule has 1 N–H and O–H groups in total. The Morgan fingerprint density at radius 2 is 1.89 bits per heavy atom. The lowest BCUT2D eigenvalue weighted by molar-refractivity contribution is 0.186. The number of aromatic nitrogens is 2. The molecule has 5 aliphatic rings. The summed E-state index contributed by atoms with van der Waals surface area (Å²) in [6, 6.07) is 8.67. The summed E-state index contributed by atoms with van der Waals surface area (Å²) >= 11 is 6.61. The molecule has 1 spiro atoms. The van der Waals surface area contributed by atoms with Crippen LogP contribution in [-0.2, 0) is 24.7 Å². The van der Waals surface area contributed by atoms with Crippen molar-refractivity contribution < 1.29 is 4.74 Å². The Morgan fingerprint density at radius 3 is 2.66 bits per heavy atom. The molecule has 1 aromatic carbocycles. The fourth-order valence-corrected chi connectivity index (χ4v) is 7.85. The Kier molecular flexibility index (Phi) is 5.48. The molecule has 186 valence electrons. The van der Waals surface area contributed by atoms with Gasteiger partial charge in [0.25, 0.3) is 0 Å². The quantitative estimate of drug-likeness (QED) is 0.696. The van der Waals surface area contributed by atoms with Crippen molar-refractivity contribution in [3.8, 4) is 6.01 Å². The molecule has 3 fully saturated rings. The number of likely N-dealkylation sites (N-methyl/N-ethyl adjacent to an activating group) is 1. The van der Waals surface area contributed by atoms with Crippen molar-refractivity contribution in [2.24, 2.45) is 0 Å². The van der Waals surface area contributed by atoms with Crippen molar-refractivity contribution >= 4 is 17.4 Å². The van der Waals surface area contributed by atoms with Crippen LogP contribution >= 0.6 is 11.6 Å². The molecule has 35 heavy (non-hydrogen) atoms. The number of halogens is 1. The van der Waals surface area contributed by atoms with E-state index in [0.29, 0.717) is 30.7 Å². The van der Waals surface area contributed by atoms with Gasteiger partial charge < -0.3 is 19.9 Å². The monoisotopic (exact) mass is 493 g/mol. The second-order valence-corrected chi connectivity index (χ2v) is 12.0. The van der Waals surface area contributed by atoms with E-state index in [1.165, 1.54) is 48.1 Å². The number of nitrogens with one attached hydrogen (secondary N) is 1. The fourth-order valence-electron chi connectivity index (χ4n) is 7.58. The van der Waals surface area contributed by atoms with E-state index in [4.69, 9.17) is 26.3 Å². The zero-order valence-corrected chi connectivity index (χ0v) is 21.5. The molecule has 2 bridgehead atoms. The van der Waals surface area contributed by atoms with E-state index in [2.05, 4.69) is 34.3 Å². The Morgan fingerprint density at radius 1 is 1.09 bits per heavy atom. The first kappa shape index (κ1) is 22.3. The average Bonchev–Trinajstić information content (AvgIpc) is 3.54. The molecule has 4 atom stereocenters. The molecule has 2 aromatic rings. The molecule has 7 rings (SSSR count). The van der Waals surface area contributed by atoms with Gasteiger partial charge in [-0.2, -0.15) is 9.97 Å². The van der Waals surface area contributed by atoms with E-state index >= 15 is 0 Å². The van der Waals surface area contributed by atoms with Gasteiger partial charge in [-0.05, 0) is 88.6 Å². The van der Waals surface area contributed by atoms with Gasteiger partial charge in [0.05, 0.1) is 5.69 Å². The van der Waals surface area contributed by atoms with Gasteiger partial charge in [0.2, 0.25) is 0 Å². The van der Waals surface area contributed by atoms with Crippen LogP contribution in [0.2, 0.25) is 5.02 Å². The summed E-state index contributed by atoms with van der Waals surface area (Å²) < 4.78 is 6.34. The molecule has 1 aromatic heterocycles. The van der Waals surface area contributed by atoms with Crippen LogP contribution in [0.5, 0.6) is 6.01 Å². The lowest BCUT2D eigenvalue weighted by Gasteiger charge is -2.39. The first-order chi connectivity index (χ1) is 17.1. The van der Waals surface area contributed by atoms with Gasteiger partial charge in [0, 0.05) is 47.2 Å². The maximum Gasteiger partial charge on any atom is 0.318 e. The molecule has 2 aliphatic carbocycles. The third-order valence-electron chi connectivity index (χ3n) is 9.55. The van der Waals surface area contributed by atoms with Crippen LogP contribution in [0.15, 0.2) is 18.2 Å². The molecule has 7 heteroatoms. The summed E-state index contributed by atoms with van der Waals surface area (Å²) in [7, 11) is 2.20. The first-order valence-corrected chi connectivity index (χ1v) is 14.0. The molecule has 4 heterocycles. The highest BCUT2D eigenvalue weighted by atomic mass is 35.5. The molecule has 3 aliphatic heterocycles. The SMILES string of the molecule is CN1CCC[C@H]1COc1nc2c(c(N3CC4CCC(C3)N4)n1)CCC1(CCc3c(Cl)cccc31)C2. The maximum absolute atomic E-state index is 6.61. The molecular weight excluding hydrogens is 458 g/mol. The highest BCUT2D eigenvalue weighted by Crippen LogP contribution is 2.50. The van der Waals surface area contributed by atoms with Gasteiger partial charge >= 0.3 is 6.01 Å². The highest BCUT2D eigenvalue weighted by molar-refractivity contribution is 6.31. The number of anilines is 1. The van der Waals surface area contributed by atoms with Gasteiger partial charge in [-0.1, -0.05) is 23.7 Å². The van der Waals surface area contributed by atoms with E-state index < -0.39 is 0 Å². The van der Waals surface area contributed by atoms with Crippen molar-refractivity contribution in [2.45, 2.75) is 81.3 Å². The lowest BCUT2D eigenvalue weighted by atomic mass is 9.69. The number of hydrogen-bond donors (Lipinski definition) is 1. The molecule has 0 saturated carbocycles. The number of ether oxygens (including phenoxy) is 1. The summed E-state index contributed by atoms with van der Waals surface area (Å²) in [6.07, 6.45) is 10.3. The van der Waals surface area contributed by atoms with Gasteiger partial charge in [0.1, 0.15) is 12.4 Å². The summed E-state index contributed by atoms with van der Waals surface area (Å²) in [5.41, 5.74) is 5.51. The number of fused-ring (bicyclic) bond motifs is 5. The first-order valence-electron chi connectivity index (χ1n) is 13.6. The van der Waals surface area contributed by atoms with Gasteiger partial charge in [-0.25, -0.2) is 0 Å². The lowest BCUT2D eigenvalue weighted by Crippen LogP contribution is -2.52. The maximum atomic E-state index is 6.61. The third-order valence-corrected chi connectivity index (χ3v) is 9.90. The number of nitrogens with zero attached hydrogens (tertiary/aromatic N) is 4. The number of hydrogen-bond acceptors (Lipinski definition) is 6. The van der Waals surface area contributed by atoms with Gasteiger partial charge in [0.15, 0.2) is 0 Å². The second kappa shape index (κ2) is 8.60. The normalized spacial score (nSPS) is 31.7. The Balaban J connectivity index is 1.24. The fraction of sp³-hybridized carbons (Fsp3) is 0.643. The van der Waals surface area contributed by atoms with E-state index in [1.807, 2.05) is 6.07 Å². The Labute approximate surface area is 213 Å². The topological polar surface area (TPSA) is 53.5 Å². The number of piperazine rings is 1. The Bertz CT molecular complexity index is 1130. The minimum atomic E-state index is 0.143. The summed E-state index contributed by atoms with van der Waals surface area (Å²) in [5.74, 6) is 1.14. The number of benzene rings is 1. The second-order valence-electron chi connectivity index (χ2n) is 11.6. The van der Waals surface area contributed by atoms with Crippen molar-refractivity contribution in [1.82, 2.24) is 20.2 Å². The minimum Gasteiger partial charge on any atom is -0.462 e. The number of likely N-dealkylation sites (tertiary alicyclic amines) is 1.